The number of carbonyl (C=O) groups is 1. The lowest BCUT2D eigenvalue weighted by Crippen LogP contribution is -2.18. The van der Waals surface area contributed by atoms with E-state index in [2.05, 4.69) is 20.7 Å². The highest BCUT2D eigenvalue weighted by Gasteiger charge is 2.14. The minimum absolute atomic E-state index is 0.0800. The lowest BCUT2D eigenvalue weighted by atomic mass is 10.1. The van der Waals surface area contributed by atoms with Gasteiger partial charge in [0.25, 0.3) is 5.91 Å². The van der Waals surface area contributed by atoms with E-state index in [1.807, 2.05) is 54.6 Å². The number of hydrogen-bond donors (Lipinski definition) is 3. The minimum atomic E-state index is -0.451. The summed E-state index contributed by atoms with van der Waals surface area (Å²) < 4.78 is 5.97. The van der Waals surface area contributed by atoms with Crippen LogP contribution in [0.25, 0.3) is 11.3 Å². The molecule has 4 aromatic rings. The fourth-order valence-electron chi connectivity index (χ4n) is 2.93. The number of aromatic nitrogens is 2. The number of aromatic hydroxyl groups is 1. The molecule has 154 valence electrons. The summed E-state index contributed by atoms with van der Waals surface area (Å²) in [5, 5.41) is 20.6. The Morgan fingerprint density at radius 1 is 1.03 bits per heavy atom. The molecule has 4 rings (SSSR count). The van der Waals surface area contributed by atoms with Crippen LogP contribution in [-0.2, 0) is 6.61 Å². The smallest absolute Gasteiger partial charge is 0.289 e. The van der Waals surface area contributed by atoms with Gasteiger partial charge in [0.1, 0.15) is 23.8 Å². The molecule has 0 fully saturated rings. The van der Waals surface area contributed by atoms with Crippen LogP contribution in [0, 0.1) is 0 Å². The van der Waals surface area contributed by atoms with Crippen molar-refractivity contribution in [2.45, 2.75) is 6.61 Å². The van der Waals surface area contributed by atoms with Gasteiger partial charge in [0.15, 0.2) is 0 Å². The van der Waals surface area contributed by atoms with E-state index in [0.717, 1.165) is 11.1 Å². The molecule has 0 aliphatic carbocycles. The molecule has 1 amide bonds. The van der Waals surface area contributed by atoms with Crippen LogP contribution in [0.2, 0.25) is 0 Å². The molecule has 31 heavy (non-hydrogen) atoms. The molecular weight excluding hydrogens is 392 g/mol. The van der Waals surface area contributed by atoms with Gasteiger partial charge >= 0.3 is 0 Å². The summed E-state index contributed by atoms with van der Waals surface area (Å²) in [7, 11) is 0. The molecule has 0 saturated carbocycles. The van der Waals surface area contributed by atoms with E-state index in [0.29, 0.717) is 23.6 Å². The zero-order valence-electron chi connectivity index (χ0n) is 16.5. The number of nitrogens with one attached hydrogen (secondary N) is 2. The molecule has 3 N–H and O–H groups in total. The van der Waals surface area contributed by atoms with E-state index in [9.17, 15) is 9.90 Å². The number of amides is 1. The molecule has 0 atom stereocenters. The summed E-state index contributed by atoms with van der Waals surface area (Å²) in [6.07, 6.45) is 1.37. The number of ether oxygens (including phenoxy) is 1. The predicted molar refractivity (Wildman–Crippen MR) is 118 cm³/mol. The number of nitrogens with zero attached hydrogens (tertiary/aromatic N) is 2. The van der Waals surface area contributed by atoms with Crippen LogP contribution in [-0.4, -0.2) is 27.4 Å². The third-order valence-corrected chi connectivity index (χ3v) is 4.53. The van der Waals surface area contributed by atoms with E-state index in [1.165, 1.54) is 6.21 Å². The zero-order chi connectivity index (χ0) is 21.5. The number of phenolic OH excluding ortho intramolecular Hbond substituents is 1. The Bertz CT molecular complexity index is 1200. The number of H-pyrrole nitrogens is 1. The van der Waals surface area contributed by atoms with Gasteiger partial charge in [-0.05, 0) is 35.9 Å². The van der Waals surface area contributed by atoms with E-state index >= 15 is 0 Å². The molecule has 0 spiro atoms. The van der Waals surface area contributed by atoms with Crippen LogP contribution in [0.3, 0.4) is 0 Å². The molecule has 0 aliphatic heterocycles. The monoisotopic (exact) mass is 412 g/mol. The number of hydrogen-bond acceptors (Lipinski definition) is 5. The molecule has 1 aromatic heterocycles. The van der Waals surface area contributed by atoms with Crippen LogP contribution < -0.4 is 10.2 Å². The largest absolute Gasteiger partial charge is 0.507 e. The van der Waals surface area contributed by atoms with Gasteiger partial charge in [0.2, 0.25) is 0 Å². The molecule has 0 saturated heterocycles. The number of rotatable bonds is 7. The van der Waals surface area contributed by atoms with E-state index < -0.39 is 5.91 Å². The second-order valence-corrected chi connectivity index (χ2v) is 6.70. The number of carbonyl (C=O) groups excluding carboxylic acids is 1. The van der Waals surface area contributed by atoms with E-state index in [1.54, 1.807) is 30.3 Å². The van der Waals surface area contributed by atoms with Crippen LogP contribution >= 0.6 is 0 Å². The SMILES string of the molecule is O=C(NN=Cc1ccccc1O)c1cc(-c2ccccc2OCc2ccccc2)n[nH]1. The first kappa shape index (κ1) is 19.9. The first-order valence-electron chi connectivity index (χ1n) is 9.63. The summed E-state index contributed by atoms with van der Waals surface area (Å²) in [6, 6.07) is 25.7. The first-order chi connectivity index (χ1) is 15.2. The summed E-state index contributed by atoms with van der Waals surface area (Å²) >= 11 is 0. The zero-order valence-corrected chi connectivity index (χ0v) is 16.5. The van der Waals surface area contributed by atoms with Gasteiger partial charge in [0, 0.05) is 11.1 Å². The van der Waals surface area contributed by atoms with Gasteiger partial charge in [-0.15, -0.1) is 0 Å². The van der Waals surface area contributed by atoms with Crippen molar-refractivity contribution < 1.29 is 14.6 Å². The quantitative estimate of drug-likeness (QED) is 0.314. The Kier molecular flexibility index (Phi) is 6.04. The van der Waals surface area contributed by atoms with E-state index in [4.69, 9.17) is 4.74 Å². The molecule has 7 nitrogen and oxygen atoms in total. The molecule has 7 heteroatoms. The maximum atomic E-state index is 12.4. The summed E-state index contributed by atoms with van der Waals surface area (Å²) in [5.41, 5.74) is 5.58. The van der Waals surface area contributed by atoms with Crippen molar-refractivity contribution in [3.63, 3.8) is 0 Å². The van der Waals surface area contributed by atoms with Crippen molar-refractivity contribution in [1.82, 2.24) is 15.6 Å². The molecule has 3 aromatic carbocycles. The van der Waals surface area contributed by atoms with Crippen molar-refractivity contribution in [2.24, 2.45) is 5.10 Å². The summed E-state index contributed by atoms with van der Waals surface area (Å²) in [6.45, 7) is 0.427. The average Bonchev–Trinajstić information content (AvgIpc) is 3.30. The van der Waals surface area contributed by atoms with Gasteiger partial charge in [-0.25, -0.2) is 5.43 Å². The van der Waals surface area contributed by atoms with Gasteiger partial charge in [-0.1, -0.05) is 54.6 Å². The van der Waals surface area contributed by atoms with Crippen molar-refractivity contribution in [2.75, 3.05) is 0 Å². The topological polar surface area (TPSA) is 99.6 Å². The highest BCUT2D eigenvalue weighted by Crippen LogP contribution is 2.29. The highest BCUT2D eigenvalue weighted by atomic mass is 16.5. The van der Waals surface area contributed by atoms with Crippen molar-refractivity contribution in [3.8, 4) is 22.8 Å². The Hall–Kier alpha value is -4.39. The fourth-order valence-corrected chi connectivity index (χ4v) is 2.93. The van der Waals surface area contributed by atoms with Crippen molar-refractivity contribution in [3.05, 3.63) is 102 Å². The summed E-state index contributed by atoms with van der Waals surface area (Å²) in [5.74, 6) is 0.298. The average molecular weight is 412 g/mol. The Balaban J connectivity index is 1.45. The number of para-hydroxylation sites is 2. The number of benzene rings is 3. The second kappa shape index (κ2) is 9.41. The van der Waals surface area contributed by atoms with Gasteiger partial charge in [-0.3, -0.25) is 9.89 Å². The minimum Gasteiger partial charge on any atom is -0.507 e. The number of phenols is 1. The predicted octanol–water partition coefficient (Wildman–Crippen LogP) is 4.13. The third kappa shape index (κ3) is 4.97. The summed E-state index contributed by atoms with van der Waals surface area (Å²) in [4.78, 5) is 12.4. The van der Waals surface area contributed by atoms with Gasteiger partial charge in [-0.2, -0.15) is 10.2 Å². The number of hydrazone groups is 1. The fraction of sp³-hybridized carbons (Fsp3) is 0.0417. The van der Waals surface area contributed by atoms with Gasteiger partial charge < -0.3 is 9.84 Å². The molecule has 0 unspecified atom stereocenters. The van der Waals surface area contributed by atoms with E-state index in [-0.39, 0.29) is 11.4 Å². The Morgan fingerprint density at radius 2 is 1.77 bits per heavy atom. The van der Waals surface area contributed by atoms with Crippen LogP contribution in [0.4, 0.5) is 0 Å². The standard InChI is InChI=1S/C24H20N4O3/c29-22-12-6-4-10-18(22)15-25-28-24(30)21-14-20(26-27-21)19-11-5-7-13-23(19)31-16-17-8-2-1-3-9-17/h1-15,29H,16H2,(H,26,27)(H,28,30). The maximum Gasteiger partial charge on any atom is 0.289 e. The molecule has 0 radical (unpaired) electrons. The lowest BCUT2D eigenvalue weighted by Gasteiger charge is -2.10. The molecule has 1 heterocycles. The van der Waals surface area contributed by atoms with Crippen LogP contribution in [0.1, 0.15) is 21.6 Å². The van der Waals surface area contributed by atoms with Gasteiger partial charge in [0.05, 0.1) is 11.9 Å². The normalized spacial score (nSPS) is 10.8. The highest BCUT2D eigenvalue weighted by molar-refractivity contribution is 5.94. The Morgan fingerprint density at radius 3 is 2.61 bits per heavy atom. The second-order valence-electron chi connectivity index (χ2n) is 6.70. The molecular formula is C24H20N4O3. The maximum absolute atomic E-state index is 12.4. The van der Waals surface area contributed by atoms with Crippen LogP contribution in [0.5, 0.6) is 11.5 Å². The molecule has 0 aliphatic rings. The van der Waals surface area contributed by atoms with Crippen LogP contribution in [0.15, 0.2) is 90.0 Å². The van der Waals surface area contributed by atoms with Crippen molar-refractivity contribution in [1.29, 1.82) is 0 Å². The molecule has 0 bridgehead atoms. The third-order valence-electron chi connectivity index (χ3n) is 4.53. The van der Waals surface area contributed by atoms with Crippen molar-refractivity contribution >= 4 is 12.1 Å². The lowest BCUT2D eigenvalue weighted by molar-refractivity contribution is 0.0950. The first-order valence-corrected chi connectivity index (χ1v) is 9.63. The number of aromatic amines is 1. The Labute approximate surface area is 179 Å².